The topological polar surface area (TPSA) is 89.0 Å². The third-order valence-corrected chi connectivity index (χ3v) is 3.43. The maximum Gasteiger partial charge on any atom is 0.329 e. The Morgan fingerprint density at radius 2 is 1.88 bits per heavy atom. The highest BCUT2D eigenvalue weighted by molar-refractivity contribution is 6.37. The molecule has 1 aromatic rings. The van der Waals surface area contributed by atoms with Crippen molar-refractivity contribution in [3.05, 3.63) is 27.7 Å². The van der Waals surface area contributed by atoms with Gasteiger partial charge in [-0.1, -0.05) is 30.1 Å². The highest BCUT2D eigenvalue weighted by Gasteiger charge is 2.12. The molecule has 0 saturated carbocycles. The first-order chi connectivity index (χ1) is 12.0. The SMILES string of the molecule is CCCOc1c(Cl)cc(/C=N\NC(=O)C(=O)NCCCOC)cc1Cl. The minimum absolute atomic E-state index is 0.338. The van der Waals surface area contributed by atoms with Gasteiger partial charge in [0.15, 0.2) is 5.75 Å². The summed E-state index contributed by atoms with van der Waals surface area (Å²) in [7, 11) is 1.56. The third-order valence-electron chi connectivity index (χ3n) is 2.87. The van der Waals surface area contributed by atoms with E-state index in [-0.39, 0.29) is 0 Å². The van der Waals surface area contributed by atoms with Crippen molar-refractivity contribution in [2.75, 3.05) is 26.9 Å². The van der Waals surface area contributed by atoms with Crippen molar-refractivity contribution in [2.24, 2.45) is 5.10 Å². The van der Waals surface area contributed by atoms with E-state index in [0.29, 0.717) is 47.5 Å². The van der Waals surface area contributed by atoms with Gasteiger partial charge in [-0.15, -0.1) is 0 Å². The molecule has 1 aromatic carbocycles. The first kappa shape index (κ1) is 21.2. The maximum atomic E-state index is 11.6. The van der Waals surface area contributed by atoms with Gasteiger partial charge in [0, 0.05) is 20.3 Å². The largest absolute Gasteiger partial charge is 0.490 e. The highest BCUT2D eigenvalue weighted by Crippen LogP contribution is 2.33. The summed E-state index contributed by atoms with van der Waals surface area (Å²) in [5, 5.41) is 6.84. The van der Waals surface area contributed by atoms with Crippen LogP contribution in [-0.4, -0.2) is 44.9 Å². The van der Waals surface area contributed by atoms with Crippen molar-refractivity contribution in [1.82, 2.24) is 10.7 Å². The molecular weight excluding hydrogens is 369 g/mol. The van der Waals surface area contributed by atoms with E-state index in [9.17, 15) is 9.59 Å². The molecule has 0 aliphatic heterocycles. The molecule has 7 nitrogen and oxygen atoms in total. The van der Waals surface area contributed by atoms with E-state index < -0.39 is 11.8 Å². The number of carbonyl (C=O) groups excluding carboxylic acids is 2. The summed E-state index contributed by atoms with van der Waals surface area (Å²) >= 11 is 12.2. The Labute approximate surface area is 156 Å². The molecule has 0 heterocycles. The third kappa shape index (κ3) is 7.72. The second-order valence-electron chi connectivity index (χ2n) is 4.96. The summed E-state index contributed by atoms with van der Waals surface area (Å²) in [6.07, 6.45) is 2.77. The number of halogens is 2. The molecule has 25 heavy (non-hydrogen) atoms. The van der Waals surface area contributed by atoms with Crippen molar-refractivity contribution in [2.45, 2.75) is 19.8 Å². The van der Waals surface area contributed by atoms with Crippen molar-refractivity contribution >= 4 is 41.2 Å². The number of methoxy groups -OCH3 is 1. The van der Waals surface area contributed by atoms with Gasteiger partial charge in [-0.25, -0.2) is 5.43 Å². The Kier molecular flexibility index (Phi) is 9.91. The molecule has 1 rings (SSSR count). The lowest BCUT2D eigenvalue weighted by Gasteiger charge is -2.09. The number of rotatable bonds is 9. The molecule has 0 aromatic heterocycles. The van der Waals surface area contributed by atoms with Crippen LogP contribution in [0.5, 0.6) is 5.75 Å². The van der Waals surface area contributed by atoms with E-state index in [0.717, 1.165) is 6.42 Å². The van der Waals surface area contributed by atoms with E-state index >= 15 is 0 Å². The van der Waals surface area contributed by atoms with Gasteiger partial charge in [0.05, 0.1) is 22.9 Å². The van der Waals surface area contributed by atoms with E-state index in [1.807, 2.05) is 6.92 Å². The van der Waals surface area contributed by atoms with Crippen molar-refractivity contribution in [1.29, 1.82) is 0 Å². The van der Waals surface area contributed by atoms with Crippen molar-refractivity contribution in [3.63, 3.8) is 0 Å². The Morgan fingerprint density at radius 3 is 2.48 bits per heavy atom. The summed E-state index contributed by atoms with van der Waals surface area (Å²) in [5.41, 5.74) is 2.68. The smallest absolute Gasteiger partial charge is 0.329 e. The quantitative estimate of drug-likeness (QED) is 0.293. The normalized spacial score (nSPS) is 10.7. The molecule has 0 radical (unpaired) electrons. The number of nitrogens with one attached hydrogen (secondary N) is 2. The molecule has 0 fully saturated rings. The summed E-state index contributed by atoms with van der Waals surface area (Å²) in [4.78, 5) is 23.1. The second kappa shape index (κ2) is 11.7. The van der Waals surface area contributed by atoms with Gasteiger partial charge in [0.25, 0.3) is 0 Å². The van der Waals surface area contributed by atoms with Crippen LogP contribution in [0.25, 0.3) is 0 Å². The van der Waals surface area contributed by atoms with Crippen LogP contribution >= 0.6 is 23.2 Å². The van der Waals surface area contributed by atoms with Crippen LogP contribution in [0.3, 0.4) is 0 Å². The molecule has 9 heteroatoms. The second-order valence-corrected chi connectivity index (χ2v) is 5.78. The van der Waals surface area contributed by atoms with Gasteiger partial charge in [0.2, 0.25) is 0 Å². The lowest BCUT2D eigenvalue weighted by atomic mass is 10.2. The van der Waals surface area contributed by atoms with Crippen LogP contribution in [0.15, 0.2) is 17.2 Å². The molecule has 0 aliphatic rings. The number of benzene rings is 1. The maximum absolute atomic E-state index is 11.6. The lowest BCUT2D eigenvalue weighted by Crippen LogP contribution is -2.38. The molecule has 0 bridgehead atoms. The summed E-state index contributed by atoms with van der Waals surface area (Å²) in [6.45, 7) is 3.31. The lowest BCUT2D eigenvalue weighted by molar-refractivity contribution is -0.139. The van der Waals surface area contributed by atoms with Crippen molar-refractivity contribution in [3.8, 4) is 5.75 Å². The van der Waals surface area contributed by atoms with Crippen LogP contribution in [0.2, 0.25) is 10.0 Å². The first-order valence-electron chi connectivity index (χ1n) is 7.71. The Morgan fingerprint density at radius 1 is 1.20 bits per heavy atom. The van der Waals surface area contributed by atoms with Crippen LogP contribution in [0.1, 0.15) is 25.3 Å². The Balaban J connectivity index is 2.55. The molecule has 2 N–H and O–H groups in total. The van der Waals surface area contributed by atoms with Crippen LogP contribution in [0.4, 0.5) is 0 Å². The minimum Gasteiger partial charge on any atom is -0.490 e. The van der Waals surface area contributed by atoms with E-state index in [2.05, 4.69) is 15.8 Å². The van der Waals surface area contributed by atoms with E-state index in [4.69, 9.17) is 32.7 Å². The number of amides is 2. The fraction of sp³-hybridized carbons (Fsp3) is 0.438. The highest BCUT2D eigenvalue weighted by atomic mass is 35.5. The zero-order valence-electron chi connectivity index (χ0n) is 14.1. The van der Waals surface area contributed by atoms with Crippen molar-refractivity contribution < 1.29 is 19.1 Å². The fourth-order valence-electron chi connectivity index (χ4n) is 1.71. The van der Waals surface area contributed by atoms with E-state index in [1.54, 1.807) is 19.2 Å². The predicted octanol–water partition coefficient (Wildman–Crippen LogP) is 2.39. The van der Waals surface area contributed by atoms with Gasteiger partial charge in [-0.2, -0.15) is 5.10 Å². The number of hydrazone groups is 1. The van der Waals surface area contributed by atoms with Gasteiger partial charge < -0.3 is 14.8 Å². The minimum atomic E-state index is -0.867. The number of carbonyl (C=O) groups is 2. The van der Waals surface area contributed by atoms with E-state index in [1.165, 1.54) is 6.21 Å². The summed E-state index contributed by atoms with van der Waals surface area (Å²) < 4.78 is 10.3. The van der Waals surface area contributed by atoms with Crippen LogP contribution in [0, 0.1) is 0 Å². The molecule has 2 amide bonds. The molecular formula is C16H21Cl2N3O4. The monoisotopic (exact) mass is 389 g/mol. The zero-order valence-corrected chi connectivity index (χ0v) is 15.6. The molecule has 0 unspecified atom stereocenters. The molecule has 0 atom stereocenters. The number of hydrogen-bond donors (Lipinski definition) is 2. The fourth-order valence-corrected chi connectivity index (χ4v) is 2.32. The standard InChI is InChI=1S/C16H21Cl2N3O4/c1-3-6-25-14-12(17)8-11(9-13(14)18)10-20-21-16(23)15(22)19-5-4-7-24-2/h8-10H,3-7H2,1-2H3,(H,19,22)(H,21,23)/b20-10-. The zero-order chi connectivity index (χ0) is 18.7. The van der Waals surface area contributed by atoms with Crippen LogP contribution < -0.4 is 15.5 Å². The Bertz CT molecular complexity index is 600. The molecule has 138 valence electrons. The Hall–Kier alpha value is -1.83. The molecule has 0 aliphatic carbocycles. The van der Waals surface area contributed by atoms with Gasteiger partial charge in [-0.3, -0.25) is 9.59 Å². The number of ether oxygens (including phenoxy) is 2. The number of hydrogen-bond acceptors (Lipinski definition) is 5. The average molecular weight is 390 g/mol. The van der Waals surface area contributed by atoms with Gasteiger partial charge in [0.1, 0.15) is 0 Å². The van der Waals surface area contributed by atoms with Gasteiger partial charge in [-0.05, 0) is 30.5 Å². The molecule has 0 saturated heterocycles. The molecule has 0 spiro atoms. The summed E-state index contributed by atoms with van der Waals surface area (Å²) in [6, 6.07) is 3.19. The average Bonchev–Trinajstić information content (AvgIpc) is 2.57. The summed E-state index contributed by atoms with van der Waals surface area (Å²) in [5.74, 6) is -1.23. The van der Waals surface area contributed by atoms with Gasteiger partial charge >= 0.3 is 11.8 Å². The van der Waals surface area contributed by atoms with Crippen LogP contribution in [-0.2, 0) is 14.3 Å². The number of nitrogens with zero attached hydrogens (tertiary/aromatic N) is 1. The predicted molar refractivity (Wildman–Crippen MR) is 97.5 cm³/mol. The first-order valence-corrected chi connectivity index (χ1v) is 8.47.